The fraction of sp³-hybridized carbons (Fsp3) is 0.154. The van der Waals surface area contributed by atoms with E-state index in [4.69, 9.17) is 11.6 Å². The Bertz CT molecular complexity index is 582. The molecule has 0 saturated heterocycles. The summed E-state index contributed by atoms with van der Waals surface area (Å²) in [6.45, 7) is 2.58. The van der Waals surface area contributed by atoms with E-state index in [0.29, 0.717) is 21.6 Å². The highest BCUT2D eigenvalue weighted by Crippen LogP contribution is 2.21. The van der Waals surface area contributed by atoms with Gasteiger partial charge in [0.2, 0.25) is 0 Å². The zero-order valence-electron chi connectivity index (χ0n) is 9.67. The number of thiophene rings is 1. The molecule has 1 aromatic heterocycles. The summed E-state index contributed by atoms with van der Waals surface area (Å²) in [6.07, 6.45) is 0. The standard InChI is InChI=1S/C13H11BrClNOS/c1-8-6-18-7-9(8)5-16-13(17)11-3-2-10(15)4-12(11)14/h2-4,6-7H,5H2,1H3,(H,16,17). The van der Waals surface area contributed by atoms with Gasteiger partial charge in [-0.2, -0.15) is 11.3 Å². The van der Waals surface area contributed by atoms with Gasteiger partial charge >= 0.3 is 0 Å². The molecule has 0 atom stereocenters. The van der Waals surface area contributed by atoms with E-state index in [1.807, 2.05) is 12.3 Å². The van der Waals surface area contributed by atoms with Crippen molar-refractivity contribution in [2.45, 2.75) is 13.5 Å². The lowest BCUT2D eigenvalue weighted by Gasteiger charge is -2.07. The largest absolute Gasteiger partial charge is 0.348 e. The number of aryl methyl sites for hydroxylation is 1. The van der Waals surface area contributed by atoms with Gasteiger partial charge in [-0.15, -0.1) is 0 Å². The molecule has 18 heavy (non-hydrogen) atoms. The van der Waals surface area contributed by atoms with Crippen molar-refractivity contribution in [1.82, 2.24) is 5.32 Å². The van der Waals surface area contributed by atoms with Crippen LogP contribution in [0.15, 0.2) is 33.4 Å². The van der Waals surface area contributed by atoms with E-state index in [-0.39, 0.29) is 5.91 Å². The summed E-state index contributed by atoms with van der Waals surface area (Å²) in [6, 6.07) is 5.13. The smallest absolute Gasteiger partial charge is 0.252 e. The highest BCUT2D eigenvalue weighted by atomic mass is 79.9. The van der Waals surface area contributed by atoms with Crippen LogP contribution in [-0.2, 0) is 6.54 Å². The monoisotopic (exact) mass is 343 g/mol. The van der Waals surface area contributed by atoms with Crippen molar-refractivity contribution in [3.63, 3.8) is 0 Å². The number of hydrogen-bond donors (Lipinski definition) is 1. The molecule has 1 heterocycles. The normalized spacial score (nSPS) is 10.4. The molecular weight excluding hydrogens is 334 g/mol. The molecule has 0 aliphatic rings. The van der Waals surface area contributed by atoms with Gasteiger partial charge < -0.3 is 5.32 Å². The molecule has 0 aliphatic heterocycles. The molecule has 0 aliphatic carbocycles. The Morgan fingerprint density at radius 2 is 2.22 bits per heavy atom. The van der Waals surface area contributed by atoms with Crippen molar-refractivity contribution >= 4 is 44.8 Å². The van der Waals surface area contributed by atoms with Crippen LogP contribution in [-0.4, -0.2) is 5.91 Å². The van der Waals surface area contributed by atoms with E-state index < -0.39 is 0 Å². The SMILES string of the molecule is Cc1cscc1CNC(=O)c1ccc(Cl)cc1Br. The number of halogens is 2. The Balaban J connectivity index is 2.06. The first-order chi connectivity index (χ1) is 8.58. The van der Waals surface area contributed by atoms with Crippen LogP contribution in [0.25, 0.3) is 0 Å². The number of nitrogens with one attached hydrogen (secondary N) is 1. The summed E-state index contributed by atoms with van der Waals surface area (Å²) < 4.78 is 0.703. The van der Waals surface area contributed by atoms with Crippen molar-refractivity contribution in [3.8, 4) is 0 Å². The highest BCUT2D eigenvalue weighted by molar-refractivity contribution is 9.10. The topological polar surface area (TPSA) is 29.1 Å². The van der Waals surface area contributed by atoms with E-state index in [1.54, 1.807) is 29.5 Å². The molecule has 2 aromatic rings. The minimum Gasteiger partial charge on any atom is -0.348 e. The molecular formula is C13H11BrClNOS. The number of carbonyl (C=O) groups excluding carboxylic acids is 1. The second kappa shape index (κ2) is 5.87. The lowest BCUT2D eigenvalue weighted by molar-refractivity contribution is 0.0950. The molecule has 0 unspecified atom stereocenters. The van der Waals surface area contributed by atoms with Crippen LogP contribution in [0.3, 0.4) is 0 Å². The molecule has 94 valence electrons. The predicted octanol–water partition coefficient (Wildman–Crippen LogP) is 4.40. The maximum atomic E-state index is 12.0. The van der Waals surface area contributed by atoms with Crippen molar-refractivity contribution < 1.29 is 4.79 Å². The molecule has 1 amide bonds. The molecule has 1 N–H and O–H groups in total. The lowest BCUT2D eigenvalue weighted by Crippen LogP contribution is -2.23. The van der Waals surface area contributed by atoms with E-state index in [9.17, 15) is 4.79 Å². The number of carbonyl (C=O) groups is 1. The third-order valence-corrected chi connectivity index (χ3v) is 4.38. The van der Waals surface area contributed by atoms with Gasteiger partial charge in [0.25, 0.3) is 5.91 Å². The van der Waals surface area contributed by atoms with Crippen LogP contribution >= 0.6 is 38.9 Å². The Hall–Kier alpha value is -0.840. The van der Waals surface area contributed by atoms with Gasteiger partial charge in [-0.25, -0.2) is 0 Å². The maximum Gasteiger partial charge on any atom is 0.252 e. The molecule has 0 fully saturated rings. The summed E-state index contributed by atoms with van der Waals surface area (Å²) in [7, 11) is 0. The van der Waals surface area contributed by atoms with E-state index in [1.165, 1.54) is 5.56 Å². The minimum atomic E-state index is -0.107. The van der Waals surface area contributed by atoms with Gasteiger partial charge in [-0.1, -0.05) is 11.6 Å². The molecule has 5 heteroatoms. The van der Waals surface area contributed by atoms with Gasteiger partial charge in [0, 0.05) is 16.0 Å². The number of benzene rings is 1. The first-order valence-electron chi connectivity index (χ1n) is 5.33. The Labute approximate surface area is 123 Å². The molecule has 0 saturated carbocycles. The van der Waals surface area contributed by atoms with Crippen LogP contribution in [0.5, 0.6) is 0 Å². The molecule has 0 spiro atoms. The van der Waals surface area contributed by atoms with Crippen molar-refractivity contribution in [3.05, 3.63) is 55.1 Å². The fourth-order valence-electron chi connectivity index (χ4n) is 1.51. The van der Waals surface area contributed by atoms with Gasteiger partial charge in [-0.3, -0.25) is 4.79 Å². The van der Waals surface area contributed by atoms with E-state index in [0.717, 1.165) is 5.56 Å². The third kappa shape index (κ3) is 3.13. The van der Waals surface area contributed by atoms with E-state index >= 15 is 0 Å². The number of rotatable bonds is 3. The quantitative estimate of drug-likeness (QED) is 0.878. The van der Waals surface area contributed by atoms with Crippen molar-refractivity contribution in [1.29, 1.82) is 0 Å². The van der Waals surface area contributed by atoms with Crippen LogP contribution in [0, 0.1) is 6.92 Å². The summed E-state index contributed by atoms with van der Waals surface area (Å²) in [5, 5.41) is 7.62. The van der Waals surface area contributed by atoms with Gasteiger partial charge in [0.1, 0.15) is 0 Å². The average molecular weight is 345 g/mol. The van der Waals surface area contributed by atoms with Gasteiger partial charge in [0.05, 0.1) is 5.56 Å². The van der Waals surface area contributed by atoms with Crippen LogP contribution in [0.1, 0.15) is 21.5 Å². The number of amides is 1. The molecule has 2 rings (SSSR count). The first kappa shape index (κ1) is 13.6. The zero-order chi connectivity index (χ0) is 13.1. The fourth-order valence-corrected chi connectivity index (χ4v) is 3.23. The van der Waals surface area contributed by atoms with Crippen LogP contribution in [0.4, 0.5) is 0 Å². The number of hydrogen-bond acceptors (Lipinski definition) is 2. The second-order valence-corrected chi connectivity index (χ2v) is 5.92. The van der Waals surface area contributed by atoms with Gasteiger partial charge in [0.15, 0.2) is 0 Å². The third-order valence-electron chi connectivity index (χ3n) is 2.58. The van der Waals surface area contributed by atoms with Crippen LogP contribution in [0.2, 0.25) is 5.02 Å². The predicted molar refractivity (Wildman–Crippen MR) is 79.4 cm³/mol. The lowest BCUT2D eigenvalue weighted by atomic mass is 10.2. The second-order valence-electron chi connectivity index (χ2n) is 3.89. The zero-order valence-corrected chi connectivity index (χ0v) is 12.8. The van der Waals surface area contributed by atoms with Crippen molar-refractivity contribution in [2.75, 3.05) is 0 Å². The van der Waals surface area contributed by atoms with Gasteiger partial charge in [-0.05, 0) is 62.9 Å². The highest BCUT2D eigenvalue weighted by Gasteiger charge is 2.10. The Morgan fingerprint density at radius 1 is 1.44 bits per heavy atom. The summed E-state index contributed by atoms with van der Waals surface area (Å²) >= 11 is 10.8. The summed E-state index contributed by atoms with van der Waals surface area (Å²) in [4.78, 5) is 12.0. The first-order valence-corrected chi connectivity index (χ1v) is 7.44. The molecule has 2 nitrogen and oxygen atoms in total. The minimum absolute atomic E-state index is 0.107. The average Bonchev–Trinajstić information content (AvgIpc) is 2.72. The maximum absolute atomic E-state index is 12.0. The molecule has 1 aromatic carbocycles. The van der Waals surface area contributed by atoms with Crippen LogP contribution < -0.4 is 5.32 Å². The summed E-state index contributed by atoms with van der Waals surface area (Å²) in [5.41, 5.74) is 2.95. The Kier molecular flexibility index (Phi) is 4.43. The molecule has 0 radical (unpaired) electrons. The van der Waals surface area contributed by atoms with E-state index in [2.05, 4.69) is 26.6 Å². The Morgan fingerprint density at radius 3 is 2.83 bits per heavy atom. The van der Waals surface area contributed by atoms with Crippen molar-refractivity contribution in [2.24, 2.45) is 0 Å². The summed E-state index contributed by atoms with van der Waals surface area (Å²) in [5.74, 6) is -0.107. The molecule has 0 bridgehead atoms.